The van der Waals surface area contributed by atoms with Crippen LogP contribution in [0.4, 0.5) is 5.69 Å². The Hall–Kier alpha value is -3.52. The molecule has 1 atom stereocenters. The molecule has 8 heteroatoms. The van der Waals surface area contributed by atoms with Crippen molar-refractivity contribution in [2.24, 2.45) is 13.0 Å². The van der Waals surface area contributed by atoms with Crippen LogP contribution in [0, 0.1) is 5.92 Å². The van der Waals surface area contributed by atoms with Crippen molar-refractivity contribution in [1.82, 2.24) is 24.1 Å². The molecule has 158 valence electrons. The second kappa shape index (κ2) is 7.96. The molecule has 1 aliphatic heterocycles. The van der Waals surface area contributed by atoms with E-state index in [1.807, 2.05) is 59.0 Å². The number of piperidine rings is 1. The van der Waals surface area contributed by atoms with E-state index in [1.54, 1.807) is 7.05 Å². The molecule has 31 heavy (non-hydrogen) atoms. The van der Waals surface area contributed by atoms with Gasteiger partial charge in [0, 0.05) is 19.3 Å². The van der Waals surface area contributed by atoms with Crippen molar-refractivity contribution < 1.29 is 4.79 Å². The summed E-state index contributed by atoms with van der Waals surface area (Å²) >= 11 is 0. The lowest BCUT2D eigenvalue weighted by molar-refractivity contribution is -0.121. The molecule has 2 aromatic carbocycles. The number of benzene rings is 2. The number of nitrogens with zero attached hydrogens (tertiary/aromatic N) is 5. The number of hydrogen-bond acceptors (Lipinski definition) is 5. The van der Waals surface area contributed by atoms with Crippen molar-refractivity contribution in [3.8, 4) is 0 Å². The number of carbonyl (C=O) groups excluding carboxylic acids is 1. The number of aryl methyl sites for hydroxylation is 1. The second-order valence-electron chi connectivity index (χ2n) is 8.06. The Morgan fingerprint density at radius 2 is 1.87 bits per heavy atom. The topological polar surface area (TPSA) is 84.5 Å². The fourth-order valence-electron chi connectivity index (χ4n) is 4.37. The first-order chi connectivity index (χ1) is 15.1. The van der Waals surface area contributed by atoms with Crippen LogP contribution in [0.1, 0.15) is 18.7 Å². The van der Waals surface area contributed by atoms with E-state index < -0.39 is 0 Å². The van der Waals surface area contributed by atoms with Crippen molar-refractivity contribution in [2.45, 2.75) is 19.4 Å². The average molecular weight is 416 g/mol. The van der Waals surface area contributed by atoms with Crippen LogP contribution < -0.4 is 10.9 Å². The van der Waals surface area contributed by atoms with Gasteiger partial charge in [-0.25, -0.2) is 0 Å². The zero-order chi connectivity index (χ0) is 21.4. The first-order valence-corrected chi connectivity index (χ1v) is 10.5. The molecule has 0 saturated carbocycles. The van der Waals surface area contributed by atoms with Crippen molar-refractivity contribution in [3.05, 3.63) is 70.8 Å². The van der Waals surface area contributed by atoms with Crippen LogP contribution in [-0.4, -0.2) is 43.1 Å². The largest absolute Gasteiger partial charge is 0.326 e. The molecule has 0 aliphatic carbocycles. The van der Waals surface area contributed by atoms with Gasteiger partial charge in [0.05, 0.1) is 23.4 Å². The number of likely N-dealkylation sites (tertiary alicyclic amines) is 1. The number of fused-ring (bicyclic) bond motifs is 3. The lowest BCUT2D eigenvalue weighted by atomic mass is 9.97. The number of anilines is 1. The quantitative estimate of drug-likeness (QED) is 0.552. The molecule has 1 N–H and O–H groups in total. The highest BCUT2D eigenvalue weighted by molar-refractivity contribution is 5.92. The highest BCUT2D eigenvalue weighted by Gasteiger charge is 2.27. The van der Waals surface area contributed by atoms with E-state index in [0.717, 1.165) is 36.4 Å². The predicted octanol–water partition coefficient (Wildman–Crippen LogP) is 2.43. The molecule has 1 saturated heterocycles. The molecule has 0 bridgehead atoms. The summed E-state index contributed by atoms with van der Waals surface area (Å²) in [6.45, 7) is 2.13. The van der Waals surface area contributed by atoms with E-state index in [9.17, 15) is 9.59 Å². The molecule has 3 heterocycles. The summed E-state index contributed by atoms with van der Waals surface area (Å²) in [5, 5.41) is 12.3. The maximum absolute atomic E-state index is 12.8. The smallest absolute Gasteiger partial charge is 0.262 e. The Balaban J connectivity index is 1.40. The molecule has 5 rings (SSSR count). The fourth-order valence-corrected chi connectivity index (χ4v) is 4.37. The minimum atomic E-state index is -0.0855. The number of hydrogen-bond donors (Lipinski definition) is 1. The van der Waals surface area contributed by atoms with Crippen LogP contribution in [-0.2, 0) is 18.4 Å². The Kier molecular flexibility index (Phi) is 4.99. The number of nitrogens with one attached hydrogen (secondary N) is 1. The van der Waals surface area contributed by atoms with Crippen molar-refractivity contribution in [3.63, 3.8) is 0 Å². The summed E-state index contributed by atoms with van der Waals surface area (Å²) in [6, 6.07) is 17.1. The van der Waals surface area contributed by atoms with E-state index >= 15 is 0 Å². The molecule has 2 aromatic heterocycles. The highest BCUT2D eigenvalue weighted by Crippen LogP contribution is 2.21. The van der Waals surface area contributed by atoms with Gasteiger partial charge in [-0.1, -0.05) is 30.3 Å². The van der Waals surface area contributed by atoms with Gasteiger partial charge >= 0.3 is 0 Å². The molecule has 1 fully saturated rings. The van der Waals surface area contributed by atoms with Crippen LogP contribution in [0.5, 0.6) is 0 Å². The van der Waals surface area contributed by atoms with Gasteiger partial charge in [-0.05, 0) is 43.7 Å². The number of aromatic nitrogens is 4. The first-order valence-electron chi connectivity index (χ1n) is 10.5. The maximum atomic E-state index is 12.8. The Labute approximate surface area is 179 Å². The van der Waals surface area contributed by atoms with E-state index in [2.05, 4.69) is 20.4 Å². The minimum absolute atomic E-state index is 0.0508. The van der Waals surface area contributed by atoms with Gasteiger partial charge in [-0.2, -0.15) is 0 Å². The lowest BCUT2D eigenvalue weighted by Gasteiger charge is -2.31. The molecule has 0 spiro atoms. The predicted molar refractivity (Wildman–Crippen MR) is 119 cm³/mol. The summed E-state index contributed by atoms with van der Waals surface area (Å²) in [7, 11) is 1.72. The summed E-state index contributed by atoms with van der Waals surface area (Å²) in [6.07, 6.45) is 1.82. The Bertz CT molecular complexity index is 1310. The molecular formula is C23H24N6O2. The van der Waals surface area contributed by atoms with E-state index in [1.165, 1.54) is 4.57 Å². The van der Waals surface area contributed by atoms with Crippen LogP contribution in [0.15, 0.2) is 59.4 Å². The summed E-state index contributed by atoms with van der Waals surface area (Å²) in [4.78, 5) is 27.7. The van der Waals surface area contributed by atoms with Gasteiger partial charge in [0.1, 0.15) is 0 Å². The van der Waals surface area contributed by atoms with Crippen LogP contribution in [0.25, 0.3) is 16.7 Å². The van der Waals surface area contributed by atoms with Gasteiger partial charge in [-0.15, -0.1) is 10.2 Å². The molecule has 0 radical (unpaired) electrons. The molecule has 0 unspecified atom stereocenters. The minimum Gasteiger partial charge on any atom is -0.326 e. The highest BCUT2D eigenvalue weighted by atomic mass is 16.2. The standard InChI is InChI=1S/C23H24N6O2/c1-27-22(31)18-11-5-6-12-19(18)29-20(25-26-23(27)29)15-28-13-7-8-16(14-28)21(30)24-17-9-3-2-4-10-17/h2-6,9-12,16H,7-8,13-15H2,1H3,(H,24,30)/t16-/m0/s1. The summed E-state index contributed by atoms with van der Waals surface area (Å²) < 4.78 is 3.48. The molecule has 4 aromatic rings. The molecular weight excluding hydrogens is 392 g/mol. The summed E-state index contributed by atoms with van der Waals surface area (Å²) in [5.74, 6) is 1.27. The molecule has 1 aliphatic rings. The zero-order valence-electron chi connectivity index (χ0n) is 17.4. The van der Waals surface area contributed by atoms with Gasteiger partial charge in [0.2, 0.25) is 11.7 Å². The van der Waals surface area contributed by atoms with Gasteiger partial charge in [0.15, 0.2) is 5.82 Å². The maximum Gasteiger partial charge on any atom is 0.262 e. The van der Waals surface area contributed by atoms with Gasteiger partial charge in [0.25, 0.3) is 5.56 Å². The first kappa shape index (κ1) is 19.4. The number of carbonyl (C=O) groups is 1. The van der Waals surface area contributed by atoms with Gasteiger partial charge in [-0.3, -0.25) is 23.5 Å². The third-order valence-electron chi connectivity index (χ3n) is 5.98. The van der Waals surface area contributed by atoms with Gasteiger partial charge < -0.3 is 5.32 Å². The molecule has 1 amide bonds. The van der Waals surface area contributed by atoms with Crippen LogP contribution in [0.3, 0.4) is 0 Å². The number of para-hydroxylation sites is 2. The van der Waals surface area contributed by atoms with Crippen molar-refractivity contribution in [2.75, 3.05) is 18.4 Å². The second-order valence-corrected chi connectivity index (χ2v) is 8.06. The van der Waals surface area contributed by atoms with Crippen LogP contribution in [0.2, 0.25) is 0 Å². The Morgan fingerprint density at radius 1 is 1.10 bits per heavy atom. The monoisotopic (exact) mass is 416 g/mol. The SMILES string of the molecule is Cn1c(=O)c2ccccc2n2c(CN3CCC[C@H](C(=O)Nc4ccccc4)C3)nnc12. The molecule has 8 nitrogen and oxygen atoms in total. The van der Waals surface area contributed by atoms with Crippen LogP contribution >= 0.6 is 0 Å². The third kappa shape index (κ3) is 3.59. The third-order valence-corrected chi connectivity index (χ3v) is 5.98. The van der Waals surface area contributed by atoms with E-state index in [-0.39, 0.29) is 17.4 Å². The summed E-state index contributed by atoms with van der Waals surface area (Å²) in [5.41, 5.74) is 1.54. The number of amides is 1. The average Bonchev–Trinajstić information content (AvgIpc) is 3.22. The Morgan fingerprint density at radius 3 is 2.71 bits per heavy atom. The fraction of sp³-hybridized carbons (Fsp3) is 0.304. The van der Waals surface area contributed by atoms with Crippen molar-refractivity contribution >= 4 is 28.3 Å². The normalized spacial score (nSPS) is 17.3. The lowest BCUT2D eigenvalue weighted by Crippen LogP contribution is -2.40. The van der Waals surface area contributed by atoms with E-state index in [4.69, 9.17) is 0 Å². The van der Waals surface area contributed by atoms with Crippen molar-refractivity contribution in [1.29, 1.82) is 0 Å². The number of rotatable bonds is 4. The van der Waals surface area contributed by atoms with E-state index in [0.29, 0.717) is 24.3 Å². The zero-order valence-corrected chi connectivity index (χ0v) is 17.4.